The van der Waals surface area contributed by atoms with Gasteiger partial charge in [-0.15, -0.1) is 11.3 Å². The van der Waals surface area contributed by atoms with E-state index in [1.54, 1.807) is 11.3 Å². The molecule has 0 saturated carbocycles. The Morgan fingerprint density at radius 3 is 2.87 bits per heavy atom. The molecule has 0 bridgehead atoms. The number of fused-ring (bicyclic) bond motifs is 1. The summed E-state index contributed by atoms with van der Waals surface area (Å²) in [6, 6.07) is 12.4. The van der Waals surface area contributed by atoms with Gasteiger partial charge in [-0.3, -0.25) is 4.79 Å². The number of carbonyl (C=O) groups is 1. The Hall–Kier alpha value is -2.07. The molecule has 0 saturated heterocycles. The number of thiophene rings is 1. The summed E-state index contributed by atoms with van der Waals surface area (Å²) in [5, 5.41) is 3.33. The molecule has 120 valence electrons. The first-order valence-electron chi connectivity index (χ1n) is 8.13. The van der Waals surface area contributed by atoms with Crippen molar-refractivity contribution in [2.24, 2.45) is 0 Å². The maximum absolute atomic E-state index is 12.4. The highest BCUT2D eigenvalue weighted by atomic mass is 32.1. The number of nitrogens with zero attached hydrogens (tertiary/aromatic N) is 1. The Bertz CT molecular complexity index is 761. The van der Waals surface area contributed by atoms with E-state index in [1.165, 1.54) is 21.3 Å². The molecule has 0 atom stereocenters. The second kappa shape index (κ2) is 7.47. The topological polar surface area (TPSA) is 36.1 Å². The number of nitrogens with one attached hydrogen (secondary N) is 1. The monoisotopic (exact) mass is 326 g/mol. The van der Waals surface area contributed by atoms with Crippen molar-refractivity contribution in [2.75, 3.05) is 6.54 Å². The Morgan fingerprint density at radius 2 is 2.09 bits per heavy atom. The van der Waals surface area contributed by atoms with Crippen LogP contribution in [0.15, 0.2) is 48.0 Å². The Balaban J connectivity index is 1.54. The van der Waals surface area contributed by atoms with Crippen LogP contribution in [0.2, 0.25) is 0 Å². The zero-order valence-electron chi connectivity index (χ0n) is 13.4. The average molecular weight is 326 g/mol. The Kier molecular flexibility index (Phi) is 5.13. The summed E-state index contributed by atoms with van der Waals surface area (Å²) in [5.41, 5.74) is 2.47. The van der Waals surface area contributed by atoms with Crippen LogP contribution in [0, 0.1) is 0 Å². The normalized spacial score (nSPS) is 11.0. The van der Waals surface area contributed by atoms with Crippen molar-refractivity contribution >= 4 is 28.1 Å². The summed E-state index contributed by atoms with van der Waals surface area (Å²) >= 11 is 1.71. The lowest BCUT2D eigenvalue weighted by Gasteiger charge is -2.20. The first kappa shape index (κ1) is 15.8. The maximum Gasteiger partial charge on any atom is 0.222 e. The zero-order chi connectivity index (χ0) is 16.1. The summed E-state index contributed by atoms with van der Waals surface area (Å²) in [5.74, 6) is 0.251. The van der Waals surface area contributed by atoms with Gasteiger partial charge in [-0.25, -0.2) is 0 Å². The number of carbonyl (C=O) groups excluding carboxylic acids is 1. The van der Waals surface area contributed by atoms with E-state index in [-0.39, 0.29) is 5.91 Å². The standard InChI is InChI=1S/C19H22N2OS/c1-2-21(14-16-8-6-12-23-16)19(22)11-5-7-15-13-20-18-10-4-3-9-17(15)18/h3-4,6,8-10,12-13,20H,2,5,7,11,14H2,1H3. The molecule has 0 fully saturated rings. The van der Waals surface area contributed by atoms with E-state index in [0.29, 0.717) is 6.42 Å². The molecule has 2 aromatic heterocycles. The van der Waals surface area contributed by atoms with E-state index in [2.05, 4.69) is 40.8 Å². The molecule has 3 aromatic rings. The van der Waals surface area contributed by atoms with Crippen LogP contribution in [-0.2, 0) is 17.8 Å². The van der Waals surface area contributed by atoms with Crippen molar-refractivity contribution in [2.45, 2.75) is 32.7 Å². The fourth-order valence-corrected chi connectivity index (χ4v) is 3.61. The SMILES string of the molecule is CCN(Cc1cccs1)C(=O)CCCc1c[nH]c2ccccc12. The molecule has 0 aliphatic heterocycles. The van der Waals surface area contributed by atoms with E-state index in [1.807, 2.05) is 24.0 Å². The first-order chi connectivity index (χ1) is 11.3. The van der Waals surface area contributed by atoms with Gasteiger partial charge in [-0.05, 0) is 42.8 Å². The highest BCUT2D eigenvalue weighted by Gasteiger charge is 2.13. The Morgan fingerprint density at radius 1 is 1.22 bits per heavy atom. The van der Waals surface area contributed by atoms with Crippen molar-refractivity contribution in [1.29, 1.82) is 0 Å². The largest absolute Gasteiger partial charge is 0.361 e. The number of benzene rings is 1. The fourth-order valence-electron chi connectivity index (χ4n) is 2.89. The van der Waals surface area contributed by atoms with Crippen LogP contribution in [0.4, 0.5) is 0 Å². The molecule has 3 nitrogen and oxygen atoms in total. The highest BCUT2D eigenvalue weighted by molar-refractivity contribution is 7.09. The van der Waals surface area contributed by atoms with Crippen molar-refractivity contribution in [1.82, 2.24) is 9.88 Å². The molecule has 3 rings (SSSR count). The number of amides is 1. The van der Waals surface area contributed by atoms with Gasteiger partial charge in [-0.1, -0.05) is 24.3 Å². The maximum atomic E-state index is 12.4. The third-order valence-electron chi connectivity index (χ3n) is 4.17. The number of aromatic nitrogens is 1. The molecule has 0 aliphatic carbocycles. The van der Waals surface area contributed by atoms with Gasteiger partial charge in [-0.2, -0.15) is 0 Å². The molecule has 0 spiro atoms. The van der Waals surface area contributed by atoms with Gasteiger partial charge in [0.05, 0.1) is 6.54 Å². The Labute approximate surface area is 140 Å². The van der Waals surface area contributed by atoms with Gasteiger partial charge < -0.3 is 9.88 Å². The van der Waals surface area contributed by atoms with Gasteiger partial charge in [0, 0.05) is 34.9 Å². The molecule has 1 N–H and O–H groups in total. The quantitative estimate of drug-likeness (QED) is 0.677. The minimum atomic E-state index is 0.251. The minimum absolute atomic E-state index is 0.251. The second-order valence-corrected chi connectivity index (χ2v) is 6.73. The van der Waals surface area contributed by atoms with Gasteiger partial charge >= 0.3 is 0 Å². The summed E-state index contributed by atoms with van der Waals surface area (Å²) in [4.78, 5) is 18.9. The third kappa shape index (κ3) is 3.82. The number of hydrogen-bond donors (Lipinski definition) is 1. The van der Waals surface area contributed by atoms with Crippen LogP contribution in [-0.4, -0.2) is 22.3 Å². The van der Waals surface area contributed by atoms with Crippen LogP contribution in [0.25, 0.3) is 10.9 Å². The summed E-state index contributed by atoms with van der Waals surface area (Å²) in [6.07, 6.45) is 4.50. The zero-order valence-corrected chi connectivity index (χ0v) is 14.2. The van der Waals surface area contributed by atoms with E-state index >= 15 is 0 Å². The van der Waals surface area contributed by atoms with E-state index in [4.69, 9.17) is 0 Å². The van der Waals surface area contributed by atoms with Crippen LogP contribution < -0.4 is 0 Å². The molecular weight excluding hydrogens is 304 g/mol. The van der Waals surface area contributed by atoms with Crippen molar-refractivity contribution < 1.29 is 4.79 Å². The van der Waals surface area contributed by atoms with Crippen LogP contribution in [0.1, 0.15) is 30.2 Å². The lowest BCUT2D eigenvalue weighted by molar-refractivity contribution is -0.131. The lowest BCUT2D eigenvalue weighted by atomic mass is 10.1. The number of para-hydroxylation sites is 1. The fraction of sp³-hybridized carbons (Fsp3) is 0.316. The number of H-pyrrole nitrogens is 1. The van der Waals surface area contributed by atoms with Crippen molar-refractivity contribution in [3.05, 3.63) is 58.4 Å². The van der Waals surface area contributed by atoms with Crippen molar-refractivity contribution in [3.63, 3.8) is 0 Å². The molecular formula is C19H22N2OS. The third-order valence-corrected chi connectivity index (χ3v) is 5.03. The molecule has 0 radical (unpaired) electrons. The predicted octanol–water partition coefficient (Wildman–Crippen LogP) is 4.60. The number of aromatic amines is 1. The summed E-state index contributed by atoms with van der Waals surface area (Å²) in [7, 11) is 0. The number of rotatable bonds is 7. The van der Waals surface area contributed by atoms with Gasteiger partial charge in [0.25, 0.3) is 0 Å². The van der Waals surface area contributed by atoms with Crippen LogP contribution in [0.3, 0.4) is 0 Å². The summed E-state index contributed by atoms with van der Waals surface area (Å²) < 4.78 is 0. The summed E-state index contributed by atoms with van der Waals surface area (Å²) in [6.45, 7) is 3.55. The molecule has 4 heteroatoms. The first-order valence-corrected chi connectivity index (χ1v) is 9.01. The molecule has 0 aliphatic rings. The molecule has 0 unspecified atom stereocenters. The molecule has 1 aromatic carbocycles. The van der Waals surface area contributed by atoms with Gasteiger partial charge in [0.1, 0.15) is 0 Å². The highest BCUT2D eigenvalue weighted by Crippen LogP contribution is 2.20. The lowest BCUT2D eigenvalue weighted by Crippen LogP contribution is -2.29. The average Bonchev–Trinajstić information content (AvgIpc) is 3.22. The van der Waals surface area contributed by atoms with Crippen molar-refractivity contribution in [3.8, 4) is 0 Å². The smallest absolute Gasteiger partial charge is 0.222 e. The van der Waals surface area contributed by atoms with E-state index < -0.39 is 0 Å². The number of hydrogen-bond acceptors (Lipinski definition) is 2. The second-order valence-electron chi connectivity index (χ2n) is 5.70. The van der Waals surface area contributed by atoms with Crippen LogP contribution in [0.5, 0.6) is 0 Å². The van der Waals surface area contributed by atoms with Gasteiger partial charge in [0.2, 0.25) is 5.91 Å². The molecule has 23 heavy (non-hydrogen) atoms. The van der Waals surface area contributed by atoms with Crippen LogP contribution >= 0.6 is 11.3 Å². The predicted molar refractivity (Wildman–Crippen MR) is 96.6 cm³/mol. The van der Waals surface area contributed by atoms with Gasteiger partial charge in [0.15, 0.2) is 0 Å². The number of aryl methyl sites for hydroxylation is 1. The minimum Gasteiger partial charge on any atom is -0.361 e. The molecule has 2 heterocycles. The van der Waals surface area contributed by atoms with E-state index in [9.17, 15) is 4.79 Å². The molecule has 1 amide bonds. The van der Waals surface area contributed by atoms with E-state index in [0.717, 1.165) is 25.9 Å².